The summed E-state index contributed by atoms with van der Waals surface area (Å²) in [6, 6.07) is 3.29. The smallest absolute Gasteiger partial charge is 0.342 e. The average Bonchev–Trinajstić information content (AvgIpc) is 2.35. The highest BCUT2D eigenvalue weighted by Crippen LogP contribution is 2.35. The summed E-state index contributed by atoms with van der Waals surface area (Å²) in [5.41, 5.74) is 0.964. The summed E-state index contributed by atoms with van der Waals surface area (Å²) in [5.74, 6) is -0.333. The summed E-state index contributed by atoms with van der Waals surface area (Å²) in [4.78, 5) is 10.7. The third-order valence-electron chi connectivity index (χ3n) is 2.50. The number of carbonyl (C=O) groups is 1. The van der Waals surface area contributed by atoms with Gasteiger partial charge in [0.15, 0.2) is 0 Å². The van der Waals surface area contributed by atoms with Gasteiger partial charge in [-0.25, -0.2) is 4.79 Å². The minimum Gasteiger partial charge on any atom is -0.507 e. The molecule has 1 aromatic carbocycles. The van der Waals surface area contributed by atoms with E-state index in [0.29, 0.717) is 29.8 Å². The van der Waals surface area contributed by atoms with Crippen LogP contribution in [0.5, 0.6) is 5.75 Å². The zero-order valence-corrected chi connectivity index (χ0v) is 12.0. The standard InChI is InChI=1S/C12H13Cl3O3/c1-18-12(17)9-8(11(14)15)5-4-7(10(9)16)3-2-6-13/h4-5,11,16H,2-3,6H2,1H3. The largest absolute Gasteiger partial charge is 0.507 e. The van der Waals surface area contributed by atoms with Crippen LogP contribution in [0.15, 0.2) is 12.1 Å². The fourth-order valence-electron chi connectivity index (χ4n) is 1.61. The Bertz CT molecular complexity index is 433. The van der Waals surface area contributed by atoms with Gasteiger partial charge in [0.25, 0.3) is 0 Å². The van der Waals surface area contributed by atoms with Gasteiger partial charge in [0.1, 0.15) is 16.1 Å². The lowest BCUT2D eigenvalue weighted by atomic mass is 10.00. The molecule has 0 heterocycles. The molecule has 0 unspecified atom stereocenters. The fraction of sp³-hybridized carbons (Fsp3) is 0.417. The maximum atomic E-state index is 11.7. The Balaban J connectivity index is 3.26. The number of aryl methyl sites for hydroxylation is 1. The van der Waals surface area contributed by atoms with Crippen molar-refractivity contribution >= 4 is 40.8 Å². The van der Waals surface area contributed by atoms with Gasteiger partial charge in [-0.2, -0.15) is 0 Å². The van der Waals surface area contributed by atoms with Crippen molar-refractivity contribution in [2.24, 2.45) is 0 Å². The number of aromatic hydroxyl groups is 1. The number of phenols is 1. The maximum absolute atomic E-state index is 11.7. The summed E-state index contributed by atoms with van der Waals surface area (Å²) in [6.45, 7) is 0. The summed E-state index contributed by atoms with van der Waals surface area (Å²) in [6.07, 6.45) is 1.26. The molecule has 0 aliphatic carbocycles. The molecule has 0 saturated carbocycles. The van der Waals surface area contributed by atoms with E-state index in [9.17, 15) is 9.90 Å². The molecule has 0 fully saturated rings. The van der Waals surface area contributed by atoms with Gasteiger partial charge in [-0.05, 0) is 18.4 Å². The van der Waals surface area contributed by atoms with Crippen LogP contribution in [-0.4, -0.2) is 24.1 Å². The number of esters is 1. The maximum Gasteiger partial charge on any atom is 0.342 e. The van der Waals surface area contributed by atoms with Crippen LogP contribution in [-0.2, 0) is 11.2 Å². The molecule has 0 bridgehead atoms. The van der Waals surface area contributed by atoms with Gasteiger partial charge in [-0.15, -0.1) is 34.8 Å². The van der Waals surface area contributed by atoms with Gasteiger partial charge in [-0.1, -0.05) is 12.1 Å². The predicted octanol–water partition coefficient (Wildman–Crippen LogP) is 3.83. The van der Waals surface area contributed by atoms with Crippen LogP contribution in [0.3, 0.4) is 0 Å². The van der Waals surface area contributed by atoms with E-state index >= 15 is 0 Å². The van der Waals surface area contributed by atoms with E-state index in [1.54, 1.807) is 12.1 Å². The van der Waals surface area contributed by atoms with Crippen molar-refractivity contribution in [2.45, 2.75) is 17.7 Å². The lowest BCUT2D eigenvalue weighted by Crippen LogP contribution is -2.08. The van der Waals surface area contributed by atoms with Crippen molar-refractivity contribution in [3.63, 3.8) is 0 Å². The highest BCUT2D eigenvalue weighted by atomic mass is 35.5. The molecule has 0 aliphatic heterocycles. The first-order valence-electron chi connectivity index (χ1n) is 5.30. The van der Waals surface area contributed by atoms with Gasteiger partial charge in [-0.3, -0.25) is 0 Å². The minimum absolute atomic E-state index is 0.0135. The molecule has 18 heavy (non-hydrogen) atoms. The number of phenolic OH excluding ortho intramolecular Hbond substituents is 1. The van der Waals surface area contributed by atoms with Gasteiger partial charge in [0.05, 0.1) is 7.11 Å². The summed E-state index contributed by atoms with van der Waals surface area (Å²) >= 11 is 17.1. The zero-order valence-electron chi connectivity index (χ0n) is 9.75. The Morgan fingerprint density at radius 1 is 1.44 bits per heavy atom. The number of ether oxygens (including phenoxy) is 1. The Labute approximate surface area is 121 Å². The number of methoxy groups -OCH3 is 1. The molecule has 0 atom stereocenters. The Kier molecular flexibility index (Phi) is 6.06. The van der Waals surface area contributed by atoms with Gasteiger partial charge < -0.3 is 9.84 Å². The molecule has 1 rings (SSSR count). The molecule has 3 nitrogen and oxygen atoms in total. The van der Waals surface area contributed by atoms with Gasteiger partial charge in [0.2, 0.25) is 0 Å². The molecule has 0 saturated heterocycles. The Morgan fingerprint density at radius 2 is 2.11 bits per heavy atom. The predicted molar refractivity (Wildman–Crippen MR) is 72.9 cm³/mol. The van der Waals surface area contributed by atoms with Crippen LogP contribution in [0.2, 0.25) is 0 Å². The lowest BCUT2D eigenvalue weighted by molar-refractivity contribution is 0.0596. The van der Waals surface area contributed by atoms with E-state index in [2.05, 4.69) is 4.74 Å². The summed E-state index contributed by atoms with van der Waals surface area (Å²) in [7, 11) is 1.23. The molecule has 0 aliphatic rings. The highest BCUT2D eigenvalue weighted by Gasteiger charge is 2.23. The van der Waals surface area contributed by atoms with Crippen molar-refractivity contribution in [1.82, 2.24) is 0 Å². The molecule has 1 aromatic rings. The van der Waals surface area contributed by atoms with Crippen molar-refractivity contribution in [2.75, 3.05) is 13.0 Å². The first-order chi connectivity index (χ1) is 8.52. The number of hydrogen-bond donors (Lipinski definition) is 1. The van der Waals surface area contributed by atoms with E-state index in [0.717, 1.165) is 0 Å². The topological polar surface area (TPSA) is 46.5 Å². The van der Waals surface area contributed by atoms with E-state index in [1.165, 1.54) is 7.11 Å². The molecule has 0 radical (unpaired) electrons. The zero-order chi connectivity index (χ0) is 13.7. The molecule has 0 amide bonds. The summed E-state index contributed by atoms with van der Waals surface area (Å²) in [5, 5.41) is 10.1. The lowest BCUT2D eigenvalue weighted by Gasteiger charge is -2.13. The normalized spacial score (nSPS) is 10.7. The number of carbonyl (C=O) groups excluding carboxylic acids is 1. The number of benzene rings is 1. The van der Waals surface area contributed by atoms with Crippen LogP contribution < -0.4 is 0 Å². The van der Waals surface area contributed by atoms with E-state index in [1.807, 2.05) is 0 Å². The molecule has 1 N–H and O–H groups in total. The number of halogens is 3. The van der Waals surface area contributed by atoms with Crippen LogP contribution in [0.25, 0.3) is 0 Å². The molecule has 100 valence electrons. The Hall–Kier alpha value is -0.640. The minimum atomic E-state index is -0.910. The number of alkyl halides is 3. The van der Waals surface area contributed by atoms with Crippen molar-refractivity contribution in [1.29, 1.82) is 0 Å². The highest BCUT2D eigenvalue weighted by molar-refractivity contribution is 6.44. The Morgan fingerprint density at radius 3 is 2.61 bits per heavy atom. The fourth-order valence-corrected chi connectivity index (χ4v) is 2.10. The van der Waals surface area contributed by atoms with Crippen molar-refractivity contribution < 1.29 is 14.6 Å². The second-order valence-electron chi connectivity index (χ2n) is 3.62. The van der Waals surface area contributed by atoms with Crippen LogP contribution in [0.1, 0.15) is 32.7 Å². The van der Waals surface area contributed by atoms with E-state index in [4.69, 9.17) is 34.8 Å². The average molecular weight is 312 g/mol. The van der Waals surface area contributed by atoms with E-state index < -0.39 is 10.8 Å². The van der Waals surface area contributed by atoms with Gasteiger partial charge >= 0.3 is 5.97 Å². The third kappa shape index (κ3) is 3.44. The number of rotatable bonds is 5. The third-order valence-corrected chi connectivity index (χ3v) is 3.24. The second-order valence-corrected chi connectivity index (χ2v) is 5.10. The van der Waals surface area contributed by atoms with Gasteiger partial charge in [0, 0.05) is 11.4 Å². The molecule has 6 heteroatoms. The molecular formula is C12H13Cl3O3. The SMILES string of the molecule is COC(=O)c1c(C(Cl)Cl)ccc(CCCCl)c1O. The second kappa shape index (κ2) is 7.07. The van der Waals surface area contributed by atoms with Crippen LogP contribution >= 0.6 is 34.8 Å². The number of hydrogen-bond acceptors (Lipinski definition) is 3. The molecule has 0 spiro atoms. The first-order valence-corrected chi connectivity index (χ1v) is 6.70. The van der Waals surface area contributed by atoms with Crippen LogP contribution in [0, 0.1) is 0 Å². The molecule has 0 aromatic heterocycles. The summed E-state index contributed by atoms with van der Waals surface area (Å²) < 4.78 is 4.63. The van der Waals surface area contributed by atoms with Crippen molar-refractivity contribution in [3.05, 3.63) is 28.8 Å². The van der Waals surface area contributed by atoms with E-state index in [-0.39, 0.29) is 11.3 Å². The quantitative estimate of drug-likeness (QED) is 0.664. The van der Waals surface area contributed by atoms with Crippen LogP contribution in [0.4, 0.5) is 0 Å². The van der Waals surface area contributed by atoms with Crippen molar-refractivity contribution in [3.8, 4) is 5.75 Å². The molecular weight excluding hydrogens is 298 g/mol. The monoisotopic (exact) mass is 310 g/mol. The first kappa shape index (κ1) is 15.4.